The van der Waals surface area contributed by atoms with Crippen LogP contribution in [0.25, 0.3) is 11.5 Å². The second-order valence-corrected chi connectivity index (χ2v) is 7.80. The highest BCUT2D eigenvalue weighted by atomic mass is 16.5. The fourth-order valence-electron chi connectivity index (χ4n) is 3.17. The fraction of sp³-hybridized carbons (Fsp3) is 0.360. The monoisotopic (exact) mass is 422 g/mol. The van der Waals surface area contributed by atoms with Crippen LogP contribution >= 0.6 is 0 Å². The molecule has 0 fully saturated rings. The summed E-state index contributed by atoms with van der Waals surface area (Å²) in [6.45, 7) is 10.4. The van der Waals surface area contributed by atoms with Gasteiger partial charge in [-0.25, -0.2) is 9.80 Å². The van der Waals surface area contributed by atoms with Crippen LogP contribution in [0.15, 0.2) is 63.5 Å². The Balaban J connectivity index is 2.23. The lowest BCUT2D eigenvalue weighted by atomic mass is 10.0. The lowest BCUT2D eigenvalue weighted by Crippen LogP contribution is -2.30. The summed E-state index contributed by atoms with van der Waals surface area (Å²) < 4.78 is 17.2. The van der Waals surface area contributed by atoms with Crippen LogP contribution in [0, 0.1) is 5.92 Å². The summed E-state index contributed by atoms with van der Waals surface area (Å²) in [6, 6.07) is 11.6. The quantitative estimate of drug-likeness (QED) is 0.415. The largest absolute Gasteiger partial charge is 0.486 e. The van der Waals surface area contributed by atoms with Crippen molar-refractivity contribution < 1.29 is 18.7 Å². The van der Waals surface area contributed by atoms with E-state index in [1.54, 1.807) is 11.3 Å². The van der Waals surface area contributed by atoms with Crippen LogP contribution in [-0.4, -0.2) is 23.8 Å². The molecule has 164 valence electrons. The van der Waals surface area contributed by atoms with Crippen molar-refractivity contribution >= 4 is 23.1 Å². The molecule has 0 amide bonds. The number of ether oxygens (including phenoxy) is 2. The van der Waals surface area contributed by atoms with E-state index < -0.39 is 5.97 Å². The number of methoxy groups -OCH3 is 1. The van der Waals surface area contributed by atoms with Crippen molar-refractivity contribution in [1.29, 1.82) is 0 Å². The van der Waals surface area contributed by atoms with Crippen LogP contribution in [0.2, 0.25) is 0 Å². The Kier molecular flexibility index (Phi) is 7.00. The number of rotatable bonds is 7. The molecule has 0 saturated carbocycles. The Labute approximate surface area is 183 Å². The van der Waals surface area contributed by atoms with Gasteiger partial charge in [-0.1, -0.05) is 51.1 Å². The minimum atomic E-state index is -0.517. The number of hydrazone groups is 1. The molecule has 1 aliphatic rings. The SMILES string of the molecule is CCC(C)=C1c2occc2C(OCc2ccccc2)=C(C(=O)OC)N1/N=C(\C)C(C)C. The van der Waals surface area contributed by atoms with Crippen molar-refractivity contribution in [3.05, 3.63) is 70.8 Å². The van der Waals surface area contributed by atoms with Gasteiger partial charge in [0, 0.05) is 5.71 Å². The maximum Gasteiger partial charge on any atom is 0.360 e. The molecule has 0 bridgehead atoms. The van der Waals surface area contributed by atoms with E-state index in [0.29, 0.717) is 23.7 Å². The van der Waals surface area contributed by atoms with Gasteiger partial charge in [-0.3, -0.25) is 0 Å². The molecule has 3 rings (SSSR count). The molecule has 0 N–H and O–H groups in total. The second kappa shape index (κ2) is 9.69. The van der Waals surface area contributed by atoms with Gasteiger partial charge in [0.1, 0.15) is 12.3 Å². The topological polar surface area (TPSA) is 64.3 Å². The number of hydrogen-bond acceptors (Lipinski definition) is 6. The number of esters is 1. The van der Waals surface area contributed by atoms with Gasteiger partial charge in [0.2, 0.25) is 0 Å². The fourth-order valence-corrected chi connectivity index (χ4v) is 3.17. The molecular weight excluding hydrogens is 392 g/mol. The average Bonchev–Trinajstić information content (AvgIpc) is 3.26. The zero-order valence-electron chi connectivity index (χ0n) is 19.1. The van der Waals surface area contributed by atoms with Crippen molar-refractivity contribution in [3.63, 3.8) is 0 Å². The molecule has 0 spiro atoms. The minimum absolute atomic E-state index is 0.203. The summed E-state index contributed by atoms with van der Waals surface area (Å²) in [6.07, 6.45) is 2.38. The zero-order chi connectivity index (χ0) is 22.5. The van der Waals surface area contributed by atoms with Crippen LogP contribution in [0.5, 0.6) is 0 Å². The van der Waals surface area contributed by atoms with E-state index >= 15 is 0 Å². The van der Waals surface area contributed by atoms with E-state index in [-0.39, 0.29) is 11.6 Å². The highest BCUT2D eigenvalue weighted by molar-refractivity contribution is 6.01. The highest BCUT2D eigenvalue weighted by Gasteiger charge is 2.38. The Morgan fingerprint density at radius 3 is 2.48 bits per heavy atom. The van der Waals surface area contributed by atoms with Gasteiger partial charge in [0.25, 0.3) is 0 Å². The lowest BCUT2D eigenvalue weighted by molar-refractivity contribution is -0.137. The molecule has 2 aromatic rings. The van der Waals surface area contributed by atoms with E-state index in [0.717, 1.165) is 29.0 Å². The van der Waals surface area contributed by atoms with Crippen LogP contribution in [-0.2, 0) is 20.9 Å². The number of furan rings is 1. The Morgan fingerprint density at radius 2 is 1.87 bits per heavy atom. The predicted molar refractivity (Wildman–Crippen MR) is 122 cm³/mol. The standard InChI is InChI=1S/C25H30N2O4/c1-7-17(4)21-23-20(13-14-30-23)24(31-15-19-11-9-8-10-12-19)22(25(28)29-6)27(21)26-18(5)16(2)3/h8-14,16H,7,15H2,1-6H3/b21-17?,26-18+. The summed E-state index contributed by atoms with van der Waals surface area (Å²) in [5.41, 5.74) is 4.61. The van der Waals surface area contributed by atoms with Gasteiger partial charge in [-0.15, -0.1) is 0 Å². The van der Waals surface area contributed by atoms with Gasteiger partial charge in [0.05, 0.1) is 18.9 Å². The van der Waals surface area contributed by atoms with Crippen LogP contribution in [0.3, 0.4) is 0 Å². The maximum atomic E-state index is 13.0. The third kappa shape index (κ3) is 4.58. The van der Waals surface area contributed by atoms with Gasteiger partial charge < -0.3 is 13.9 Å². The average molecular weight is 423 g/mol. The number of hydrogen-bond donors (Lipinski definition) is 0. The molecule has 0 unspecified atom stereocenters. The molecule has 6 heteroatoms. The number of allylic oxidation sites excluding steroid dienone is 1. The summed E-state index contributed by atoms with van der Waals surface area (Å²) in [4.78, 5) is 13.0. The molecule has 2 heterocycles. The van der Waals surface area contributed by atoms with Crippen molar-refractivity contribution in [3.8, 4) is 0 Å². The van der Waals surface area contributed by atoms with Crippen molar-refractivity contribution in [1.82, 2.24) is 5.01 Å². The molecule has 1 aromatic carbocycles. The first-order valence-corrected chi connectivity index (χ1v) is 10.5. The number of carbonyl (C=O) groups excluding carboxylic acids is 1. The van der Waals surface area contributed by atoms with Gasteiger partial charge >= 0.3 is 5.97 Å². The first-order chi connectivity index (χ1) is 14.9. The predicted octanol–water partition coefficient (Wildman–Crippen LogP) is 5.83. The van der Waals surface area contributed by atoms with Crippen LogP contribution in [0.4, 0.5) is 0 Å². The number of nitrogens with zero attached hydrogens (tertiary/aromatic N) is 2. The van der Waals surface area contributed by atoms with Gasteiger partial charge in [-0.05, 0) is 43.4 Å². The van der Waals surface area contributed by atoms with E-state index in [2.05, 4.69) is 20.8 Å². The Morgan fingerprint density at radius 1 is 1.16 bits per heavy atom. The molecule has 31 heavy (non-hydrogen) atoms. The molecule has 1 aliphatic heterocycles. The smallest absolute Gasteiger partial charge is 0.360 e. The first kappa shape index (κ1) is 22.4. The summed E-state index contributed by atoms with van der Waals surface area (Å²) >= 11 is 0. The molecule has 0 radical (unpaired) electrons. The van der Waals surface area contributed by atoms with Crippen molar-refractivity contribution in [2.45, 2.75) is 47.6 Å². The van der Waals surface area contributed by atoms with Crippen LogP contribution in [0.1, 0.15) is 57.9 Å². The van der Waals surface area contributed by atoms with Gasteiger partial charge in [0.15, 0.2) is 17.2 Å². The number of fused-ring (bicyclic) bond motifs is 1. The molecule has 1 aromatic heterocycles. The van der Waals surface area contributed by atoms with E-state index in [1.807, 2.05) is 50.2 Å². The summed E-state index contributed by atoms with van der Waals surface area (Å²) in [5, 5.41) is 6.44. The first-order valence-electron chi connectivity index (χ1n) is 10.5. The minimum Gasteiger partial charge on any atom is -0.486 e. The summed E-state index contributed by atoms with van der Waals surface area (Å²) in [7, 11) is 1.36. The third-order valence-corrected chi connectivity index (χ3v) is 5.40. The van der Waals surface area contributed by atoms with Gasteiger partial charge in [-0.2, -0.15) is 5.10 Å². The van der Waals surface area contributed by atoms with E-state index in [1.165, 1.54) is 7.11 Å². The van der Waals surface area contributed by atoms with Crippen LogP contribution < -0.4 is 0 Å². The molecule has 0 saturated heterocycles. The Hall–Kier alpha value is -3.28. The molecule has 0 atom stereocenters. The van der Waals surface area contributed by atoms with Crippen molar-refractivity contribution in [2.75, 3.05) is 7.11 Å². The molecular formula is C25H30N2O4. The highest BCUT2D eigenvalue weighted by Crippen LogP contribution is 2.42. The number of carbonyl (C=O) groups is 1. The summed E-state index contributed by atoms with van der Waals surface area (Å²) in [5.74, 6) is 0.716. The molecule has 0 aliphatic carbocycles. The number of benzene rings is 1. The lowest BCUT2D eigenvalue weighted by Gasteiger charge is -2.31. The third-order valence-electron chi connectivity index (χ3n) is 5.40. The zero-order valence-corrected chi connectivity index (χ0v) is 19.1. The Bertz CT molecular complexity index is 1030. The molecule has 6 nitrogen and oxygen atoms in total. The normalized spacial score (nSPS) is 15.8. The maximum absolute atomic E-state index is 13.0. The van der Waals surface area contributed by atoms with E-state index in [4.69, 9.17) is 19.0 Å². The second-order valence-electron chi connectivity index (χ2n) is 7.80. The van der Waals surface area contributed by atoms with Crippen molar-refractivity contribution in [2.24, 2.45) is 11.0 Å². The van der Waals surface area contributed by atoms with E-state index in [9.17, 15) is 4.79 Å².